The van der Waals surface area contributed by atoms with Crippen LogP contribution in [-0.4, -0.2) is 29.9 Å². The lowest BCUT2D eigenvalue weighted by atomic mass is 10.2. The minimum absolute atomic E-state index is 0. The Balaban J connectivity index is 0.00000200. The number of halogens is 1. The van der Waals surface area contributed by atoms with Gasteiger partial charge in [-0.05, 0) is 25.5 Å². The van der Waals surface area contributed by atoms with E-state index in [9.17, 15) is 0 Å². The van der Waals surface area contributed by atoms with Crippen LogP contribution in [0, 0.1) is 6.92 Å². The van der Waals surface area contributed by atoms with Gasteiger partial charge in [-0.2, -0.15) is 4.99 Å². The van der Waals surface area contributed by atoms with E-state index in [2.05, 4.69) is 22.1 Å². The molecule has 0 saturated heterocycles. The summed E-state index contributed by atoms with van der Waals surface area (Å²) < 4.78 is 0. The summed E-state index contributed by atoms with van der Waals surface area (Å²) in [5.74, 6) is 0.591. The highest BCUT2D eigenvalue weighted by Crippen LogP contribution is 2.12. The molecule has 20 heavy (non-hydrogen) atoms. The molecule has 6 heteroatoms. The van der Waals surface area contributed by atoms with Crippen LogP contribution in [0.5, 0.6) is 0 Å². The smallest absolute Gasteiger partial charge is 0.223 e. The largest absolute Gasteiger partial charge is 0.369 e. The molecular formula is C14H20ClN5. The number of guanidine groups is 2. The molecule has 0 aliphatic carbocycles. The maximum atomic E-state index is 5.91. The molecule has 0 unspecified atom stereocenters. The van der Waals surface area contributed by atoms with Crippen molar-refractivity contribution in [3.05, 3.63) is 42.0 Å². The van der Waals surface area contributed by atoms with Crippen LogP contribution in [0.15, 0.2) is 46.4 Å². The highest BCUT2D eigenvalue weighted by Gasteiger charge is 2.08. The number of rotatable bonds is 1. The lowest BCUT2D eigenvalue weighted by Gasteiger charge is -2.23. The molecule has 1 aliphatic rings. The number of benzene rings is 1. The Bertz CT molecular complexity index is 519. The molecule has 0 spiro atoms. The predicted octanol–water partition coefficient (Wildman–Crippen LogP) is 1.94. The number of nitrogens with two attached hydrogens (primary N) is 2. The molecule has 1 aromatic carbocycles. The number of hydrogen-bond donors (Lipinski definition) is 2. The summed E-state index contributed by atoms with van der Waals surface area (Å²) in [7, 11) is 0. The Morgan fingerprint density at radius 2 is 1.85 bits per heavy atom. The molecule has 1 heterocycles. The number of hydrogen-bond acceptors (Lipinski definition) is 1. The van der Waals surface area contributed by atoms with Crippen molar-refractivity contribution in [3.63, 3.8) is 0 Å². The maximum absolute atomic E-state index is 5.91. The Hall–Kier alpha value is -2.01. The molecule has 0 fully saturated rings. The molecule has 0 aromatic heterocycles. The third-order valence-electron chi connectivity index (χ3n) is 2.89. The van der Waals surface area contributed by atoms with Gasteiger partial charge >= 0.3 is 0 Å². The first-order valence-electron chi connectivity index (χ1n) is 6.30. The van der Waals surface area contributed by atoms with Crippen molar-refractivity contribution in [2.75, 3.05) is 13.1 Å². The molecule has 1 aliphatic heterocycles. The summed E-state index contributed by atoms with van der Waals surface area (Å²) in [4.78, 5) is 10.3. The van der Waals surface area contributed by atoms with Crippen LogP contribution in [0.4, 0.5) is 5.69 Å². The van der Waals surface area contributed by atoms with E-state index in [0.717, 1.165) is 25.2 Å². The molecule has 1 aromatic rings. The Morgan fingerprint density at radius 1 is 1.15 bits per heavy atom. The highest BCUT2D eigenvalue weighted by molar-refractivity contribution is 5.94. The lowest BCUT2D eigenvalue weighted by molar-refractivity contribution is 0.450. The van der Waals surface area contributed by atoms with Gasteiger partial charge in [0.25, 0.3) is 0 Å². The summed E-state index contributed by atoms with van der Waals surface area (Å²) in [6.45, 7) is 3.66. The van der Waals surface area contributed by atoms with E-state index >= 15 is 0 Å². The summed E-state index contributed by atoms with van der Waals surface area (Å²) >= 11 is 0. The third-order valence-corrected chi connectivity index (χ3v) is 2.89. The van der Waals surface area contributed by atoms with Gasteiger partial charge < -0.3 is 16.4 Å². The fraction of sp³-hybridized carbons (Fsp3) is 0.286. The zero-order valence-corrected chi connectivity index (χ0v) is 12.3. The van der Waals surface area contributed by atoms with Gasteiger partial charge in [-0.25, -0.2) is 4.99 Å². The number of nitrogens with zero attached hydrogens (tertiary/aromatic N) is 3. The molecule has 0 bridgehead atoms. The average Bonchev–Trinajstić information content (AvgIpc) is 2.42. The molecule has 0 radical (unpaired) electrons. The van der Waals surface area contributed by atoms with Crippen molar-refractivity contribution in [3.8, 4) is 0 Å². The molecule has 0 amide bonds. The Morgan fingerprint density at radius 3 is 2.45 bits per heavy atom. The van der Waals surface area contributed by atoms with Gasteiger partial charge in [-0.15, -0.1) is 12.4 Å². The third kappa shape index (κ3) is 4.59. The summed E-state index contributed by atoms with van der Waals surface area (Å²) in [6, 6.07) is 7.76. The van der Waals surface area contributed by atoms with E-state index in [1.165, 1.54) is 5.56 Å². The van der Waals surface area contributed by atoms with Crippen LogP contribution in [-0.2, 0) is 0 Å². The van der Waals surface area contributed by atoms with Crippen LogP contribution in [0.3, 0.4) is 0 Å². The maximum Gasteiger partial charge on any atom is 0.223 e. The van der Waals surface area contributed by atoms with Crippen molar-refractivity contribution in [1.29, 1.82) is 0 Å². The van der Waals surface area contributed by atoms with E-state index in [0.29, 0.717) is 5.96 Å². The molecule has 0 atom stereocenters. The fourth-order valence-corrected chi connectivity index (χ4v) is 1.81. The van der Waals surface area contributed by atoms with Gasteiger partial charge in [0.15, 0.2) is 5.96 Å². The van der Waals surface area contributed by atoms with Crippen molar-refractivity contribution in [1.82, 2.24) is 4.90 Å². The zero-order chi connectivity index (χ0) is 13.7. The number of aryl methyl sites for hydroxylation is 1. The Kier molecular flexibility index (Phi) is 6.06. The quantitative estimate of drug-likeness (QED) is 0.472. The van der Waals surface area contributed by atoms with Crippen LogP contribution in [0.2, 0.25) is 0 Å². The van der Waals surface area contributed by atoms with E-state index in [1.807, 2.05) is 36.1 Å². The van der Waals surface area contributed by atoms with Gasteiger partial charge in [-0.1, -0.05) is 29.8 Å². The van der Waals surface area contributed by atoms with Crippen LogP contribution in [0.1, 0.15) is 12.0 Å². The first-order chi connectivity index (χ1) is 9.15. The summed E-state index contributed by atoms with van der Waals surface area (Å²) in [5, 5.41) is 0. The molecule has 108 valence electrons. The van der Waals surface area contributed by atoms with Crippen molar-refractivity contribution < 1.29 is 0 Å². The zero-order valence-electron chi connectivity index (χ0n) is 11.5. The average molecular weight is 294 g/mol. The molecule has 5 nitrogen and oxygen atoms in total. The van der Waals surface area contributed by atoms with Gasteiger partial charge in [0.2, 0.25) is 5.96 Å². The second-order valence-electron chi connectivity index (χ2n) is 4.48. The van der Waals surface area contributed by atoms with E-state index in [1.54, 1.807) is 0 Å². The molecule has 0 saturated carbocycles. The Labute approximate surface area is 125 Å². The van der Waals surface area contributed by atoms with Crippen LogP contribution < -0.4 is 11.5 Å². The molecule has 4 N–H and O–H groups in total. The second kappa shape index (κ2) is 7.55. The van der Waals surface area contributed by atoms with Gasteiger partial charge in [0.1, 0.15) is 0 Å². The summed E-state index contributed by atoms with van der Waals surface area (Å²) in [6.07, 6.45) is 5.18. The topological polar surface area (TPSA) is 80.0 Å². The second-order valence-corrected chi connectivity index (χ2v) is 4.48. The van der Waals surface area contributed by atoms with E-state index < -0.39 is 0 Å². The fourth-order valence-electron chi connectivity index (χ4n) is 1.81. The molecular weight excluding hydrogens is 274 g/mol. The first-order valence-corrected chi connectivity index (χ1v) is 6.30. The van der Waals surface area contributed by atoms with E-state index in [4.69, 9.17) is 11.5 Å². The van der Waals surface area contributed by atoms with Crippen LogP contribution >= 0.6 is 12.4 Å². The van der Waals surface area contributed by atoms with Crippen molar-refractivity contribution >= 4 is 30.0 Å². The summed E-state index contributed by atoms with van der Waals surface area (Å²) in [5.41, 5.74) is 13.7. The minimum atomic E-state index is 0. The first kappa shape index (κ1) is 16.0. The monoisotopic (exact) mass is 293 g/mol. The molecule has 2 rings (SSSR count). The highest BCUT2D eigenvalue weighted by atomic mass is 35.5. The SMILES string of the molecule is Cc1ccc(N=C(N)N=C(N)N2CC=CCC2)cc1.Cl. The van der Waals surface area contributed by atoms with Gasteiger partial charge in [0.05, 0.1) is 5.69 Å². The van der Waals surface area contributed by atoms with Crippen molar-refractivity contribution in [2.45, 2.75) is 13.3 Å². The standard InChI is InChI=1S/C14H19N5.ClH/c1-11-5-7-12(8-6-11)17-13(15)18-14(16)19-9-3-2-4-10-19;/h2-3,5-8H,4,9-10H2,1H3,(H4,15,16,17,18);1H. The lowest BCUT2D eigenvalue weighted by Crippen LogP contribution is -2.40. The van der Waals surface area contributed by atoms with Crippen LogP contribution in [0.25, 0.3) is 0 Å². The minimum Gasteiger partial charge on any atom is -0.369 e. The normalized spacial score (nSPS) is 15.9. The van der Waals surface area contributed by atoms with Crippen molar-refractivity contribution in [2.24, 2.45) is 21.5 Å². The van der Waals surface area contributed by atoms with E-state index in [-0.39, 0.29) is 18.4 Å². The number of aliphatic imine (C=N–C) groups is 2. The van der Waals surface area contributed by atoms with Gasteiger partial charge in [-0.3, -0.25) is 0 Å². The predicted molar refractivity (Wildman–Crippen MR) is 86.7 cm³/mol. The van der Waals surface area contributed by atoms with Gasteiger partial charge in [0, 0.05) is 13.1 Å².